The van der Waals surface area contributed by atoms with Gasteiger partial charge in [0.25, 0.3) is 5.91 Å². The molecule has 2 aromatic carbocycles. The quantitative estimate of drug-likeness (QED) is 0.688. The number of carbonyl (C=O) groups excluding carboxylic acids is 2. The molecule has 0 unspecified atom stereocenters. The van der Waals surface area contributed by atoms with E-state index in [0.29, 0.717) is 25.3 Å². The number of ether oxygens (including phenoxy) is 1. The summed E-state index contributed by atoms with van der Waals surface area (Å²) in [6.07, 6.45) is 1.51. The first kappa shape index (κ1) is 20.7. The Morgan fingerprint density at radius 3 is 2.31 bits per heavy atom. The fraction of sp³-hybridized carbons (Fsp3) is 0.391. The van der Waals surface area contributed by atoms with E-state index in [9.17, 15) is 9.59 Å². The number of anilines is 2. The van der Waals surface area contributed by atoms with Crippen molar-refractivity contribution in [2.45, 2.75) is 26.3 Å². The van der Waals surface area contributed by atoms with Crippen LogP contribution in [0.15, 0.2) is 48.5 Å². The van der Waals surface area contributed by atoms with Gasteiger partial charge in [-0.25, -0.2) is 0 Å². The lowest BCUT2D eigenvalue weighted by molar-refractivity contribution is -0.133. The number of hydrogen-bond acceptors (Lipinski definition) is 4. The van der Waals surface area contributed by atoms with Gasteiger partial charge in [0.15, 0.2) is 6.61 Å². The van der Waals surface area contributed by atoms with Crippen LogP contribution in [0, 0.1) is 0 Å². The molecule has 0 saturated carbocycles. The smallest absolute Gasteiger partial charge is 0.260 e. The lowest BCUT2D eigenvalue weighted by Gasteiger charge is -2.22. The third-order valence-corrected chi connectivity index (χ3v) is 5.14. The number of rotatable bonds is 8. The van der Waals surface area contributed by atoms with E-state index in [-0.39, 0.29) is 18.4 Å². The second-order valence-electron chi connectivity index (χ2n) is 7.40. The second kappa shape index (κ2) is 9.45. The Morgan fingerprint density at radius 2 is 1.76 bits per heavy atom. The van der Waals surface area contributed by atoms with Crippen LogP contribution >= 0.6 is 0 Å². The van der Waals surface area contributed by atoms with Crippen LogP contribution in [0.4, 0.5) is 11.4 Å². The van der Waals surface area contributed by atoms with Crippen LogP contribution < -0.4 is 14.5 Å². The number of amides is 2. The van der Waals surface area contributed by atoms with Crippen molar-refractivity contribution in [1.29, 1.82) is 0 Å². The first-order valence-corrected chi connectivity index (χ1v) is 10.0. The summed E-state index contributed by atoms with van der Waals surface area (Å²) in [6.45, 7) is 3.90. The third-order valence-electron chi connectivity index (χ3n) is 5.14. The molecule has 0 N–H and O–H groups in total. The van der Waals surface area contributed by atoms with Crippen molar-refractivity contribution in [1.82, 2.24) is 4.90 Å². The summed E-state index contributed by atoms with van der Waals surface area (Å²) in [5.41, 5.74) is 3.10. The molecule has 6 heteroatoms. The van der Waals surface area contributed by atoms with Crippen LogP contribution in [0.3, 0.4) is 0 Å². The lowest BCUT2D eigenvalue weighted by Crippen LogP contribution is -2.34. The molecule has 1 fully saturated rings. The molecule has 0 bridgehead atoms. The van der Waals surface area contributed by atoms with Crippen molar-refractivity contribution in [2.24, 2.45) is 0 Å². The number of nitrogens with zero attached hydrogens (tertiary/aromatic N) is 3. The van der Waals surface area contributed by atoms with Gasteiger partial charge in [-0.3, -0.25) is 9.59 Å². The van der Waals surface area contributed by atoms with Gasteiger partial charge < -0.3 is 19.4 Å². The van der Waals surface area contributed by atoms with E-state index in [1.807, 2.05) is 62.3 Å². The molecule has 2 amide bonds. The van der Waals surface area contributed by atoms with Gasteiger partial charge >= 0.3 is 0 Å². The molecule has 154 valence electrons. The predicted octanol–water partition coefficient (Wildman–Crippen LogP) is 3.31. The van der Waals surface area contributed by atoms with Crippen LogP contribution in [0.5, 0.6) is 5.75 Å². The van der Waals surface area contributed by atoms with Gasteiger partial charge in [-0.1, -0.05) is 12.1 Å². The van der Waals surface area contributed by atoms with Crippen LogP contribution in [-0.4, -0.2) is 50.5 Å². The number of benzene rings is 2. The molecule has 0 aliphatic carbocycles. The highest BCUT2D eigenvalue weighted by molar-refractivity contribution is 5.95. The van der Waals surface area contributed by atoms with E-state index in [1.165, 1.54) is 0 Å². The fourth-order valence-corrected chi connectivity index (χ4v) is 3.38. The predicted molar refractivity (Wildman–Crippen MR) is 115 cm³/mol. The van der Waals surface area contributed by atoms with Crippen molar-refractivity contribution in [3.8, 4) is 5.75 Å². The van der Waals surface area contributed by atoms with Gasteiger partial charge in [0.1, 0.15) is 5.75 Å². The molecule has 0 radical (unpaired) electrons. The molecule has 1 saturated heterocycles. The molecule has 0 spiro atoms. The summed E-state index contributed by atoms with van der Waals surface area (Å²) < 4.78 is 5.68. The highest BCUT2D eigenvalue weighted by Gasteiger charge is 2.21. The minimum Gasteiger partial charge on any atom is -0.484 e. The van der Waals surface area contributed by atoms with Crippen molar-refractivity contribution in [2.75, 3.05) is 43.6 Å². The highest BCUT2D eigenvalue weighted by atomic mass is 16.5. The monoisotopic (exact) mass is 395 g/mol. The van der Waals surface area contributed by atoms with Crippen LogP contribution in [-0.2, 0) is 16.1 Å². The lowest BCUT2D eigenvalue weighted by atomic mass is 10.2. The van der Waals surface area contributed by atoms with Crippen LogP contribution in [0.1, 0.15) is 25.3 Å². The largest absolute Gasteiger partial charge is 0.484 e. The molecule has 1 aliphatic rings. The first-order valence-electron chi connectivity index (χ1n) is 10.0. The summed E-state index contributed by atoms with van der Waals surface area (Å²) >= 11 is 0. The standard InChI is InChI=1S/C23H29N3O3/c1-4-25(16-18-7-9-19(10-8-18)24(2)3)23(28)17-29-21-13-11-20(12-14-21)26-15-5-6-22(26)27/h7-14H,4-6,15-17H2,1-3H3. The molecule has 1 aliphatic heterocycles. The zero-order chi connectivity index (χ0) is 20.8. The van der Waals surface area contributed by atoms with Crippen molar-refractivity contribution in [3.05, 3.63) is 54.1 Å². The van der Waals surface area contributed by atoms with E-state index in [0.717, 1.165) is 29.9 Å². The third kappa shape index (κ3) is 5.28. The molecular weight excluding hydrogens is 366 g/mol. The Morgan fingerprint density at radius 1 is 1.07 bits per heavy atom. The number of carbonyl (C=O) groups is 2. The topological polar surface area (TPSA) is 53.1 Å². The van der Waals surface area contributed by atoms with Gasteiger partial charge in [0.05, 0.1) is 0 Å². The van der Waals surface area contributed by atoms with E-state index in [4.69, 9.17) is 4.74 Å². The summed E-state index contributed by atoms with van der Waals surface area (Å²) in [5, 5.41) is 0. The average Bonchev–Trinajstić information content (AvgIpc) is 3.16. The van der Waals surface area contributed by atoms with Gasteiger partial charge in [-0.15, -0.1) is 0 Å². The van der Waals surface area contributed by atoms with Crippen molar-refractivity contribution < 1.29 is 14.3 Å². The van der Waals surface area contributed by atoms with Crippen LogP contribution in [0.25, 0.3) is 0 Å². The van der Waals surface area contributed by atoms with E-state index in [1.54, 1.807) is 9.80 Å². The van der Waals surface area contributed by atoms with E-state index < -0.39 is 0 Å². The maximum atomic E-state index is 12.6. The van der Waals surface area contributed by atoms with Gasteiger partial charge in [0.2, 0.25) is 5.91 Å². The van der Waals surface area contributed by atoms with Gasteiger partial charge in [-0.05, 0) is 55.3 Å². The van der Waals surface area contributed by atoms with Crippen LogP contribution in [0.2, 0.25) is 0 Å². The Labute approximate surface area is 172 Å². The zero-order valence-corrected chi connectivity index (χ0v) is 17.4. The van der Waals surface area contributed by atoms with E-state index >= 15 is 0 Å². The first-order chi connectivity index (χ1) is 14.0. The minimum atomic E-state index is -0.0528. The number of hydrogen-bond donors (Lipinski definition) is 0. The molecule has 3 rings (SSSR count). The molecule has 29 heavy (non-hydrogen) atoms. The SMILES string of the molecule is CCN(Cc1ccc(N(C)C)cc1)C(=O)COc1ccc(N2CCCC2=O)cc1. The maximum Gasteiger partial charge on any atom is 0.260 e. The van der Waals surface area contributed by atoms with Gasteiger partial charge in [-0.2, -0.15) is 0 Å². The second-order valence-corrected chi connectivity index (χ2v) is 7.40. The van der Waals surface area contributed by atoms with Gasteiger partial charge in [0, 0.05) is 51.5 Å². The maximum absolute atomic E-state index is 12.6. The molecule has 0 aromatic heterocycles. The van der Waals surface area contributed by atoms with Crippen molar-refractivity contribution >= 4 is 23.2 Å². The summed E-state index contributed by atoms with van der Waals surface area (Å²) in [7, 11) is 4.01. The average molecular weight is 396 g/mol. The Hall–Kier alpha value is -3.02. The Kier molecular flexibility index (Phi) is 6.75. The molecule has 1 heterocycles. The molecule has 6 nitrogen and oxygen atoms in total. The Bertz CT molecular complexity index is 831. The zero-order valence-electron chi connectivity index (χ0n) is 17.4. The summed E-state index contributed by atoms with van der Waals surface area (Å²) in [6, 6.07) is 15.6. The Balaban J connectivity index is 1.53. The normalized spacial score (nSPS) is 13.5. The highest BCUT2D eigenvalue weighted by Crippen LogP contribution is 2.24. The molecule has 0 atom stereocenters. The molecular formula is C23H29N3O3. The fourth-order valence-electron chi connectivity index (χ4n) is 3.38. The number of likely N-dealkylation sites (N-methyl/N-ethyl adjacent to an activating group) is 1. The summed E-state index contributed by atoms with van der Waals surface area (Å²) in [5.74, 6) is 0.731. The molecule has 2 aromatic rings. The van der Waals surface area contributed by atoms with E-state index in [2.05, 4.69) is 12.1 Å². The summed E-state index contributed by atoms with van der Waals surface area (Å²) in [4.78, 5) is 30.0. The van der Waals surface area contributed by atoms with Crippen molar-refractivity contribution in [3.63, 3.8) is 0 Å². The minimum absolute atomic E-state index is 0.00832.